The largest absolute Gasteiger partial charge is 0.449 e. The van der Waals surface area contributed by atoms with Gasteiger partial charge in [0.1, 0.15) is 11.1 Å². The molecule has 3 aromatic heterocycles. The van der Waals surface area contributed by atoms with Crippen molar-refractivity contribution >= 4 is 28.3 Å². The van der Waals surface area contributed by atoms with E-state index in [-0.39, 0.29) is 18.6 Å². The van der Waals surface area contributed by atoms with Gasteiger partial charge < -0.3 is 15.0 Å². The summed E-state index contributed by atoms with van der Waals surface area (Å²) in [6, 6.07) is 11.6. The molecule has 3 aromatic rings. The standard InChI is InChI=1S/C24H23N5O3S/c25-14-20-19-8-12-29(24(31)32-13-9-18-5-1-2-11-27-18)16-21(19)33-23(20)28-22(30)7-6-17-4-3-10-26-15-17/h1-5,10-11,15H,6-9,12-13,16H2,(H,28,30). The van der Waals surface area contributed by atoms with Gasteiger partial charge in [0.15, 0.2) is 0 Å². The van der Waals surface area contributed by atoms with Crippen molar-refractivity contribution in [1.82, 2.24) is 14.9 Å². The Morgan fingerprint density at radius 2 is 2.12 bits per heavy atom. The lowest BCUT2D eigenvalue weighted by molar-refractivity contribution is -0.116. The number of ether oxygens (including phenoxy) is 1. The molecule has 0 saturated carbocycles. The summed E-state index contributed by atoms with van der Waals surface area (Å²) in [5.74, 6) is -0.153. The molecule has 0 aliphatic carbocycles. The van der Waals surface area contributed by atoms with Crippen molar-refractivity contribution in [2.24, 2.45) is 0 Å². The highest BCUT2D eigenvalue weighted by molar-refractivity contribution is 7.16. The minimum Gasteiger partial charge on any atom is -0.449 e. The molecule has 1 aliphatic heterocycles. The van der Waals surface area contributed by atoms with Gasteiger partial charge in [0.25, 0.3) is 0 Å². The molecule has 0 radical (unpaired) electrons. The number of aryl methyl sites for hydroxylation is 1. The summed E-state index contributed by atoms with van der Waals surface area (Å²) in [7, 11) is 0. The zero-order valence-corrected chi connectivity index (χ0v) is 18.8. The summed E-state index contributed by atoms with van der Waals surface area (Å²) >= 11 is 1.35. The van der Waals surface area contributed by atoms with Crippen molar-refractivity contribution in [1.29, 1.82) is 5.26 Å². The van der Waals surface area contributed by atoms with Gasteiger partial charge in [-0.2, -0.15) is 5.26 Å². The van der Waals surface area contributed by atoms with Crippen LogP contribution in [0.2, 0.25) is 0 Å². The first kappa shape index (κ1) is 22.4. The number of carbonyl (C=O) groups excluding carboxylic acids is 2. The number of nitrogens with one attached hydrogen (secondary N) is 1. The van der Waals surface area contributed by atoms with E-state index in [0.29, 0.717) is 49.3 Å². The average Bonchev–Trinajstić information content (AvgIpc) is 3.20. The number of anilines is 1. The first-order valence-corrected chi connectivity index (χ1v) is 11.5. The summed E-state index contributed by atoms with van der Waals surface area (Å²) in [6.07, 6.45) is 6.74. The van der Waals surface area contributed by atoms with Gasteiger partial charge in [-0.15, -0.1) is 11.3 Å². The highest BCUT2D eigenvalue weighted by Gasteiger charge is 2.28. The molecule has 0 fully saturated rings. The maximum Gasteiger partial charge on any atom is 0.410 e. The second-order valence-electron chi connectivity index (χ2n) is 7.59. The average molecular weight is 462 g/mol. The topological polar surface area (TPSA) is 108 Å². The van der Waals surface area contributed by atoms with Gasteiger partial charge in [-0.05, 0) is 42.2 Å². The Bertz CT molecular complexity index is 1160. The van der Waals surface area contributed by atoms with Gasteiger partial charge in [0.05, 0.1) is 18.7 Å². The molecule has 168 valence electrons. The highest BCUT2D eigenvalue weighted by Crippen LogP contribution is 2.36. The van der Waals surface area contributed by atoms with Gasteiger partial charge in [-0.3, -0.25) is 14.8 Å². The lowest BCUT2D eigenvalue weighted by Gasteiger charge is -2.26. The second kappa shape index (κ2) is 10.7. The number of fused-ring (bicyclic) bond motifs is 1. The highest BCUT2D eigenvalue weighted by atomic mass is 32.1. The van der Waals surface area contributed by atoms with Gasteiger partial charge in [-0.25, -0.2) is 4.79 Å². The molecule has 0 unspecified atom stereocenters. The van der Waals surface area contributed by atoms with Crippen molar-refractivity contribution in [3.05, 3.63) is 76.2 Å². The number of aromatic nitrogens is 2. The first-order chi connectivity index (χ1) is 16.1. The summed E-state index contributed by atoms with van der Waals surface area (Å²) in [4.78, 5) is 35.8. The van der Waals surface area contributed by atoms with Crippen LogP contribution in [0.5, 0.6) is 0 Å². The SMILES string of the molecule is N#Cc1c(NC(=O)CCc2cccnc2)sc2c1CCN(C(=O)OCCc1ccccn1)C2. The Morgan fingerprint density at radius 1 is 1.21 bits per heavy atom. The molecule has 4 heterocycles. The van der Waals surface area contributed by atoms with Crippen LogP contribution < -0.4 is 5.32 Å². The van der Waals surface area contributed by atoms with E-state index in [0.717, 1.165) is 21.7 Å². The number of thiophene rings is 1. The Labute approximate surface area is 195 Å². The summed E-state index contributed by atoms with van der Waals surface area (Å²) in [6.45, 7) is 1.09. The number of rotatable bonds is 7. The number of nitriles is 1. The van der Waals surface area contributed by atoms with E-state index in [2.05, 4.69) is 21.4 Å². The van der Waals surface area contributed by atoms with Crippen LogP contribution >= 0.6 is 11.3 Å². The Hall–Kier alpha value is -3.77. The van der Waals surface area contributed by atoms with E-state index in [1.807, 2.05) is 30.3 Å². The molecule has 0 bridgehead atoms. The third-order valence-corrected chi connectivity index (χ3v) is 6.49. The summed E-state index contributed by atoms with van der Waals surface area (Å²) < 4.78 is 5.41. The zero-order chi connectivity index (χ0) is 23.0. The van der Waals surface area contributed by atoms with Crippen LogP contribution in [0.25, 0.3) is 0 Å². The molecule has 8 nitrogen and oxygen atoms in total. The van der Waals surface area contributed by atoms with E-state index in [1.165, 1.54) is 11.3 Å². The van der Waals surface area contributed by atoms with Crippen LogP contribution in [-0.4, -0.2) is 40.0 Å². The molecule has 0 atom stereocenters. The number of carbonyl (C=O) groups is 2. The molecule has 33 heavy (non-hydrogen) atoms. The fraction of sp³-hybridized carbons (Fsp3) is 0.292. The number of nitrogens with zero attached hydrogens (tertiary/aromatic N) is 4. The second-order valence-corrected chi connectivity index (χ2v) is 8.69. The monoisotopic (exact) mass is 461 g/mol. The van der Waals surface area contributed by atoms with Crippen LogP contribution in [0.15, 0.2) is 48.9 Å². The van der Waals surface area contributed by atoms with Crippen LogP contribution in [0, 0.1) is 11.3 Å². The maximum absolute atomic E-state index is 12.5. The quantitative estimate of drug-likeness (QED) is 0.575. The molecule has 4 rings (SSSR count). The van der Waals surface area contributed by atoms with Crippen LogP contribution in [0.1, 0.15) is 33.7 Å². The Kier molecular flexibility index (Phi) is 7.27. The van der Waals surface area contributed by atoms with Gasteiger partial charge in [-0.1, -0.05) is 12.1 Å². The number of pyridine rings is 2. The predicted octanol–water partition coefficient (Wildman–Crippen LogP) is 3.72. The van der Waals surface area contributed by atoms with Gasteiger partial charge in [0, 0.05) is 48.5 Å². The van der Waals surface area contributed by atoms with Crippen molar-refractivity contribution in [2.75, 3.05) is 18.5 Å². The van der Waals surface area contributed by atoms with E-state index in [9.17, 15) is 14.9 Å². The molecular formula is C24H23N5O3S. The van der Waals surface area contributed by atoms with Gasteiger partial charge in [0.2, 0.25) is 5.91 Å². The van der Waals surface area contributed by atoms with Crippen molar-refractivity contribution < 1.29 is 14.3 Å². The number of amides is 2. The summed E-state index contributed by atoms with van der Waals surface area (Å²) in [5.41, 5.74) is 3.25. The zero-order valence-electron chi connectivity index (χ0n) is 18.0. The third-order valence-electron chi connectivity index (χ3n) is 5.35. The lowest BCUT2D eigenvalue weighted by atomic mass is 10.0. The number of hydrogen-bond donors (Lipinski definition) is 1. The number of hydrogen-bond acceptors (Lipinski definition) is 7. The fourth-order valence-electron chi connectivity index (χ4n) is 3.64. The van der Waals surface area contributed by atoms with Crippen molar-refractivity contribution in [2.45, 2.75) is 32.2 Å². The van der Waals surface area contributed by atoms with E-state index < -0.39 is 0 Å². The molecule has 9 heteroatoms. The van der Waals surface area contributed by atoms with Crippen LogP contribution in [0.4, 0.5) is 9.80 Å². The lowest BCUT2D eigenvalue weighted by Crippen LogP contribution is -2.36. The van der Waals surface area contributed by atoms with E-state index in [1.54, 1.807) is 23.5 Å². The minimum absolute atomic E-state index is 0.153. The Morgan fingerprint density at radius 3 is 2.88 bits per heavy atom. The smallest absolute Gasteiger partial charge is 0.410 e. The summed E-state index contributed by atoms with van der Waals surface area (Å²) in [5, 5.41) is 13.1. The molecular weight excluding hydrogens is 438 g/mol. The molecule has 1 N–H and O–H groups in total. The van der Waals surface area contributed by atoms with Crippen molar-refractivity contribution in [3.8, 4) is 6.07 Å². The van der Waals surface area contributed by atoms with Crippen LogP contribution in [-0.2, 0) is 35.3 Å². The third kappa shape index (κ3) is 5.73. The molecule has 1 aliphatic rings. The molecule has 2 amide bonds. The Balaban J connectivity index is 1.33. The van der Waals surface area contributed by atoms with E-state index >= 15 is 0 Å². The molecule has 0 saturated heterocycles. The van der Waals surface area contributed by atoms with E-state index in [4.69, 9.17) is 4.74 Å². The first-order valence-electron chi connectivity index (χ1n) is 10.7. The normalized spacial score (nSPS) is 12.5. The van der Waals surface area contributed by atoms with Crippen molar-refractivity contribution in [3.63, 3.8) is 0 Å². The predicted molar refractivity (Wildman–Crippen MR) is 124 cm³/mol. The minimum atomic E-state index is -0.384. The molecule has 0 spiro atoms. The maximum atomic E-state index is 12.5. The fourth-order valence-corrected chi connectivity index (χ4v) is 4.87. The molecule has 0 aromatic carbocycles. The van der Waals surface area contributed by atoms with Crippen LogP contribution in [0.3, 0.4) is 0 Å². The van der Waals surface area contributed by atoms with Gasteiger partial charge >= 0.3 is 6.09 Å².